The fourth-order valence-electron chi connectivity index (χ4n) is 2.55. The van der Waals surface area contributed by atoms with E-state index in [1.54, 1.807) is 11.3 Å². The van der Waals surface area contributed by atoms with Crippen LogP contribution in [0.25, 0.3) is 32.1 Å². The van der Waals surface area contributed by atoms with Gasteiger partial charge in [0, 0.05) is 27.4 Å². The normalized spacial score (nSPS) is 11.2. The molecule has 0 fully saturated rings. The first-order valence-electron chi connectivity index (χ1n) is 6.24. The summed E-state index contributed by atoms with van der Waals surface area (Å²) in [5.74, 6) is 0. The lowest BCUT2D eigenvalue weighted by atomic mass is 10.00. The van der Waals surface area contributed by atoms with Crippen LogP contribution in [0.4, 0.5) is 0 Å². The second-order valence-corrected chi connectivity index (χ2v) is 5.47. The first-order chi connectivity index (χ1) is 9.43. The Hall–Kier alpha value is -2.19. The number of benzene rings is 2. The van der Waals surface area contributed by atoms with E-state index in [4.69, 9.17) is 0 Å². The van der Waals surface area contributed by atoms with Crippen molar-refractivity contribution >= 4 is 33.0 Å². The van der Waals surface area contributed by atoms with E-state index >= 15 is 0 Å². The fraction of sp³-hybridized carbons (Fsp3) is 0. The second kappa shape index (κ2) is 4.18. The molecule has 4 aromatic rings. The quantitative estimate of drug-likeness (QED) is 0.433. The molecule has 0 saturated heterocycles. The van der Waals surface area contributed by atoms with Crippen LogP contribution in [-0.4, -0.2) is 4.98 Å². The van der Waals surface area contributed by atoms with Gasteiger partial charge in [-0.05, 0) is 22.9 Å². The molecule has 0 aliphatic carbocycles. The van der Waals surface area contributed by atoms with Gasteiger partial charge in [-0.2, -0.15) is 0 Å². The average molecular weight is 261 g/mol. The van der Waals surface area contributed by atoms with Crippen LogP contribution in [0.2, 0.25) is 0 Å². The lowest BCUT2D eigenvalue weighted by Crippen LogP contribution is -1.84. The molecule has 1 nitrogen and oxygen atoms in total. The lowest BCUT2D eigenvalue weighted by molar-refractivity contribution is 1.43. The Labute approximate surface area is 115 Å². The lowest BCUT2D eigenvalue weighted by Gasteiger charge is -2.07. The van der Waals surface area contributed by atoms with Crippen molar-refractivity contribution in [2.45, 2.75) is 0 Å². The Morgan fingerprint density at radius 3 is 2.58 bits per heavy atom. The van der Waals surface area contributed by atoms with Gasteiger partial charge in [-0.3, -0.25) is 4.98 Å². The number of thiophene rings is 1. The average Bonchev–Trinajstić information content (AvgIpc) is 3.00. The molecule has 2 aromatic carbocycles. The van der Waals surface area contributed by atoms with Crippen LogP contribution >= 0.6 is 11.3 Å². The van der Waals surface area contributed by atoms with E-state index in [0.29, 0.717) is 0 Å². The Kier molecular flexibility index (Phi) is 2.35. The molecule has 0 N–H and O–H groups in total. The third kappa shape index (κ3) is 1.65. The fourth-order valence-corrected chi connectivity index (χ4v) is 3.31. The molecule has 0 saturated carbocycles. The molecule has 0 radical (unpaired) electrons. The predicted octanol–water partition coefficient (Wildman–Crippen LogP) is 5.12. The van der Waals surface area contributed by atoms with Crippen molar-refractivity contribution in [1.82, 2.24) is 4.98 Å². The van der Waals surface area contributed by atoms with Crippen molar-refractivity contribution in [1.29, 1.82) is 0 Å². The van der Waals surface area contributed by atoms with Crippen LogP contribution in [0.15, 0.2) is 66.2 Å². The highest BCUT2D eigenvalue weighted by Crippen LogP contribution is 2.35. The van der Waals surface area contributed by atoms with Crippen molar-refractivity contribution in [3.8, 4) is 10.4 Å². The Balaban J connectivity index is 2.22. The summed E-state index contributed by atoms with van der Waals surface area (Å²) in [6.45, 7) is 0. The van der Waals surface area contributed by atoms with Crippen molar-refractivity contribution < 1.29 is 0 Å². The van der Waals surface area contributed by atoms with Crippen molar-refractivity contribution in [3.63, 3.8) is 0 Å². The minimum atomic E-state index is 1.09. The third-order valence-electron chi connectivity index (χ3n) is 3.40. The van der Waals surface area contributed by atoms with Gasteiger partial charge in [0.2, 0.25) is 0 Å². The number of hydrogen-bond acceptors (Lipinski definition) is 2. The predicted molar refractivity (Wildman–Crippen MR) is 82.6 cm³/mol. The van der Waals surface area contributed by atoms with Crippen molar-refractivity contribution in [2.24, 2.45) is 0 Å². The molecular weight excluding hydrogens is 250 g/mol. The van der Waals surface area contributed by atoms with Gasteiger partial charge in [0.15, 0.2) is 0 Å². The molecule has 2 heteroatoms. The first-order valence-corrected chi connectivity index (χ1v) is 7.12. The van der Waals surface area contributed by atoms with E-state index in [1.165, 1.54) is 26.6 Å². The molecule has 2 aromatic heterocycles. The zero-order valence-corrected chi connectivity index (χ0v) is 11.0. The highest BCUT2D eigenvalue weighted by molar-refractivity contribution is 7.13. The zero-order valence-electron chi connectivity index (χ0n) is 10.2. The summed E-state index contributed by atoms with van der Waals surface area (Å²) < 4.78 is 0. The van der Waals surface area contributed by atoms with Crippen LogP contribution in [0, 0.1) is 0 Å². The van der Waals surface area contributed by atoms with Crippen molar-refractivity contribution in [3.05, 3.63) is 66.2 Å². The third-order valence-corrected chi connectivity index (χ3v) is 4.30. The van der Waals surface area contributed by atoms with Crippen molar-refractivity contribution in [2.75, 3.05) is 0 Å². The summed E-state index contributed by atoms with van der Waals surface area (Å²) in [5, 5.41) is 5.81. The van der Waals surface area contributed by atoms with Gasteiger partial charge in [-0.1, -0.05) is 42.5 Å². The van der Waals surface area contributed by atoms with E-state index in [1.807, 2.05) is 12.3 Å². The molecule has 0 unspecified atom stereocenters. The number of fused-ring (bicyclic) bond motifs is 3. The maximum absolute atomic E-state index is 4.58. The number of aromatic nitrogens is 1. The van der Waals surface area contributed by atoms with Gasteiger partial charge in [0.05, 0.1) is 5.52 Å². The standard InChI is InChI=1S/C17H11NS/c1-4-12-8-9-13-5-2-10-18-17(13)16(12)14(6-1)15-7-3-11-19-15/h1-11H. The molecule has 90 valence electrons. The summed E-state index contributed by atoms with van der Waals surface area (Å²) in [4.78, 5) is 5.88. The second-order valence-electron chi connectivity index (χ2n) is 4.52. The van der Waals surface area contributed by atoms with Crippen LogP contribution in [0.1, 0.15) is 0 Å². The van der Waals surface area contributed by atoms with Gasteiger partial charge in [0.1, 0.15) is 0 Å². The maximum Gasteiger partial charge on any atom is 0.0786 e. The highest BCUT2D eigenvalue weighted by Gasteiger charge is 2.08. The largest absolute Gasteiger partial charge is 0.256 e. The summed E-state index contributed by atoms with van der Waals surface area (Å²) in [6.07, 6.45) is 1.87. The number of nitrogens with zero attached hydrogens (tertiary/aromatic N) is 1. The van der Waals surface area contributed by atoms with Crippen LogP contribution in [0.3, 0.4) is 0 Å². The van der Waals surface area contributed by atoms with E-state index in [9.17, 15) is 0 Å². The van der Waals surface area contributed by atoms with E-state index < -0.39 is 0 Å². The van der Waals surface area contributed by atoms with E-state index in [2.05, 4.69) is 58.9 Å². The molecule has 0 aliphatic rings. The molecule has 2 heterocycles. The molecule has 4 rings (SSSR count). The Morgan fingerprint density at radius 1 is 0.789 bits per heavy atom. The molecular formula is C17H11NS. The van der Waals surface area contributed by atoms with Crippen LogP contribution in [-0.2, 0) is 0 Å². The molecule has 0 amide bonds. The van der Waals surface area contributed by atoms with Gasteiger partial charge in [-0.15, -0.1) is 11.3 Å². The molecule has 0 atom stereocenters. The van der Waals surface area contributed by atoms with E-state index in [0.717, 1.165) is 5.52 Å². The van der Waals surface area contributed by atoms with Gasteiger partial charge in [0.25, 0.3) is 0 Å². The van der Waals surface area contributed by atoms with Gasteiger partial charge >= 0.3 is 0 Å². The molecule has 19 heavy (non-hydrogen) atoms. The monoisotopic (exact) mass is 261 g/mol. The number of pyridine rings is 1. The Morgan fingerprint density at radius 2 is 1.68 bits per heavy atom. The smallest absolute Gasteiger partial charge is 0.0786 e. The summed E-state index contributed by atoms with van der Waals surface area (Å²) >= 11 is 1.77. The number of hydrogen-bond donors (Lipinski definition) is 0. The minimum Gasteiger partial charge on any atom is -0.256 e. The van der Waals surface area contributed by atoms with E-state index in [-0.39, 0.29) is 0 Å². The number of rotatable bonds is 1. The molecule has 0 spiro atoms. The summed E-state index contributed by atoms with van der Waals surface area (Å²) in [5.41, 5.74) is 2.36. The van der Waals surface area contributed by atoms with Crippen LogP contribution in [0.5, 0.6) is 0 Å². The minimum absolute atomic E-state index is 1.09. The Bertz CT molecular complexity index is 863. The SMILES string of the molecule is c1csc(-c2cccc3ccc4cccnc4c23)c1. The maximum atomic E-state index is 4.58. The summed E-state index contributed by atoms with van der Waals surface area (Å²) in [7, 11) is 0. The first kappa shape index (κ1) is 10.7. The summed E-state index contributed by atoms with van der Waals surface area (Å²) in [6, 6.07) is 19.1. The van der Waals surface area contributed by atoms with Crippen LogP contribution < -0.4 is 0 Å². The van der Waals surface area contributed by atoms with Gasteiger partial charge in [-0.25, -0.2) is 0 Å². The zero-order chi connectivity index (χ0) is 12.7. The topological polar surface area (TPSA) is 12.9 Å². The molecule has 0 bridgehead atoms. The van der Waals surface area contributed by atoms with Gasteiger partial charge < -0.3 is 0 Å². The highest BCUT2D eigenvalue weighted by atomic mass is 32.1. The molecule has 0 aliphatic heterocycles.